The molecule has 0 unspecified atom stereocenters. The molecule has 2 heterocycles. The van der Waals surface area contributed by atoms with Gasteiger partial charge >= 0.3 is 0 Å². The van der Waals surface area contributed by atoms with E-state index >= 15 is 0 Å². The summed E-state index contributed by atoms with van der Waals surface area (Å²) in [6.07, 6.45) is 1.25. The summed E-state index contributed by atoms with van der Waals surface area (Å²) >= 11 is 5.57. The molecule has 0 amide bonds. The Bertz CT molecular complexity index is 592. The fourth-order valence-electron chi connectivity index (χ4n) is 1.08. The van der Waals surface area contributed by atoms with E-state index in [4.69, 9.17) is 22.3 Å². The zero-order valence-corrected chi connectivity index (χ0v) is 8.86. The first-order valence-electron chi connectivity index (χ1n) is 3.43. The van der Waals surface area contributed by atoms with Gasteiger partial charge in [0.1, 0.15) is 4.90 Å². The Morgan fingerprint density at radius 1 is 1.36 bits per heavy atom. The lowest BCUT2D eigenvalue weighted by molar-refractivity contribution is 0.610. The molecule has 0 spiro atoms. The number of aromatic nitrogens is 3. The third kappa shape index (κ3) is 1.56. The Hall–Kier alpha value is -0.850. The highest BCUT2D eigenvalue weighted by Crippen LogP contribution is 2.25. The number of hydrogen-bond donors (Lipinski definition) is 1. The quantitative estimate of drug-likeness (QED) is 0.781. The summed E-state index contributed by atoms with van der Waals surface area (Å²) < 4.78 is 22.1. The van der Waals surface area contributed by atoms with E-state index in [2.05, 4.69) is 15.2 Å². The molecule has 5 nitrogen and oxygen atoms in total. The maximum atomic E-state index is 11.1. The number of fused-ring (bicyclic) bond motifs is 1. The number of rotatable bonds is 1. The van der Waals surface area contributed by atoms with Crippen LogP contribution in [0.2, 0.25) is 5.15 Å². The maximum Gasteiger partial charge on any atom is 0.263 e. The number of H-pyrrole nitrogens is 1. The van der Waals surface area contributed by atoms with Gasteiger partial charge in [0.2, 0.25) is 0 Å². The van der Waals surface area contributed by atoms with Crippen LogP contribution < -0.4 is 0 Å². The van der Waals surface area contributed by atoms with Crippen LogP contribution in [0.15, 0.2) is 17.2 Å². The van der Waals surface area contributed by atoms with Gasteiger partial charge in [-0.05, 0) is 6.07 Å². The Balaban J connectivity index is 2.87. The van der Waals surface area contributed by atoms with Crippen molar-refractivity contribution in [2.45, 2.75) is 4.90 Å². The average Bonchev–Trinajstić information content (AvgIpc) is 2.45. The van der Waals surface area contributed by atoms with Crippen molar-refractivity contribution < 1.29 is 8.42 Å². The Kier molecular flexibility index (Phi) is 2.13. The molecule has 8 heteroatoms. The van der Waals surface area contributed by atoms with Crippen LogP contribution in [0.3, 0.4) is 0 Å². The Labute approximate surface area is 88.5 Å². The topological polar surface area (TPSA) is 75.7 Å². The molecule has 0 saturated carbocycles. The van der Waals surface area contributed by atoms with Gasteiger partial charge in [0, 0.05) is 22.3 Å². The summed E-state index contributed by atoms with van der Waals surface area (Å²) in [5.74, 6) is 0. The van der Waals surface area contributed by atoms with E-state index in [0.717, 1.165) is 0 Å². The van der Waals surface area contributed by atoms with Crippen molar-refractivity contribution in [1.82, 2.24) is 15.2 Å². The van der Waals surface area contributed by atoms with E-state index in [-0.39, 0.29) is 10.0 Å². The smallest absolute Gasteiger partial charge is 0.263 e. The summed E-state index contributed by atoms with van der Waals surface area (Å²) in [4.78, 5) is 2.58. The zero-order chi connectivity index (χ0) is 10.3. The fourth-order valence-corrected chi connectivity index (χ4v) is 2.22. The van der Waals surface area contributed by atoms with Crippen molar-refractivity contribution in [2.75, 3.05) is 0 Å². The zero-order valence-electron chi connectivity index (χ0n) is 6.53. The average molecular weight is 252 g/mol. The predicted molar refractivity (Wildman–Crippen MR) is 51.9 cm³/mol. The second kappa shape index (κ2) is 3.08. The van der Waals surface area contributed by atoms with Crippen LogP contribution >= 0.6 is 22.3 Å². The third-order valence-corrected chi connectivity index (χ3v) is 3.18. The van der Waals surface area contributed by atoms with Crippen LogP contribution in [-0.4, -0.2) is 23.6 Å². The minimum atomic E-state index is -3.79. The number of nitrogens with zero attached hydrogens (tertiary/aromatic N) is 2. The van der Waals surface area contributed by atoms with Gasteiger partial charge in [-0.3, -0.25) is 0 Å². The van der Waals surface area contributed by atoms with Crippen LogP contribution in [-0.2, 0) is 9.05 Å². The first-order valence-corrected chi connectivity index (χ1v) is 6.12. The highest BCUT2D eigenvalue weighted by molar-refractivity contribution is 8.14. The van der Waals surface area contributed by atoms with Crippen LogP contribution in [0.25, 0.3) is 11.0 Å². The van der Waals surface area contributed by atoms with Gasteiger partial charge in [-0.15, -0.1) is 10.2 Å². The van der Waals surface area contributed by atoms with Gasteiger partial charge in [-0.2, -0.15) is 0 Å². The van der Waals surface area contributed by atoms with Crippen molar-refractivity contribution in [3.8, 4) is 0 Å². The maximum absolute atomic E-state index is 11.1. The molecule has 2 aromatic heterocycles. The number of aromatic amines is 1. The van der Waals surface area contributed by atoms with Crippen LogP contribution in [0, 0.1) is 0 Å². The summed E-state index contributed by atoms with van der Waals surface area (Å²) in [6.45, 7) is 0. The molecule has 0 aliphatic carbocycles. The Morgan fingerprint density at radius 2 is 2.07 bits per heavy atom. The molecule has 0 aliphatic heterocycles. The highest BCUT2D eigenvalue weighted by Gasteiger charge is 2.17. The predicted octanol–water partition coefficient (Wildman–Crippen LogP) is 1.54. The fraction of sp³-hybridized carbons (Fsp3) is 0. The van der Waals surface area contributed by atoms with Gasteiger partial charge in [0.25, 0.3) is 9.05 Å². The van der Waals surface area contributed by atoms with E-state index in [9.17, 15) is 8.42 Å². The molecule has 0 aromatic carbocycles. The molecular formula is C6H3Cl2N3O2S. The van der Waals surface area contributed by atoms with Crippen molar-refractivity contribution in [3.05, 3.63) is 17.4 Å². The van der Waals surface area contributed by atoms with E-state index < -0.39 is 9.05 Å². The van der Waals surface area contributed by atoms with E-state index in [1.807, 2.05) is 0 Å². The summed E-state index contributed by atoms with van der Waals surface area (Å²) in [5.41, 5.74) is 0.327. The van der Waals surface area contributed by atoms with Crippen molar-refractivity contribution in [3.63, 3.8) is 0 Å². The lowest BCUT2D eigenvalue weighted by Gasteiger charge is -1.92. The molecule has 0 radical (unpaired) electrons. The van der Waals surface area contributed by atoms with E-state index in [1.165, 1.54) is 12.3 Å². The van der Waals surface area contributed by atoms with Crippen LogP contribution in [0.1, 0.15) is 0 Å². The van der Waals surface area contributed by atoms with Crippen molar-refractivity contribution in [2.24, 2.45) is 0 Å². The Morgan fingerprint density at radius 3 is 2.71 bits per heavy atom. The minimum absolute atomic E-state index is 0.0500. The largest absolute Gasteiger partial charge is 0.343 e. The molecule has 2 aromatic rings. The summed E-state index contributed by atoms with van der Waals surface area (Å²) in [5, 5.41) is 7.65. The molecule has 0 bridgehead atoms. The van der Waals surface area contributed by atoms with Gasteiger partial charge in [-0.1, -0.05) is 11.6 Å². The summed E-state index contributed by atoms with van der Waals surface area (Å²) in [7, 11) is 1.40. The molecule has 2 rings (SSSR count). The molecule has 14 heavy (non-hydrogen) atoms. The summed E-state index contributed by atoms with van der Waals surface area (Å²) in [6, 6.07) is 1.38. The van der Waals surface area contributed by atoms with Gasteiger partial charge in [0.05, 0.1) is 0 Å². The van der Waals surface area contributed by atoms with Crippen LogP contribution in [0.5, 0.6) is 0 Å². The number of nitrogens with one attached hydrogen (secondary N) is 1. The third-order valence-electron chi connectivity index (χ3n) is 1.63. The lowest BCUT2D eigenvalue weighted by Crippen LogP contribution is -1.89. The van der Waals surface area contributed by atoms with E-state index in [0.29, 0.717) is 11.0 Å². The number of halogens is 2. The number of hydrogen-bond acceptors (Lipinski definition) is 4. The van der Waals surface area contributed by atoms with Crippen molar-refractivity contribution >= 4 is 42.4 Å². The second-order valence-electron chi connectivity index (χ2n) is 2.52. The first kappa shape index (κ1) is 9.70. The molecule has 74 valence electrons. The standard InChI is InChI=1S/C6H3Cl2N3O2S/c7-5-1-3-4(14(8,12)13)2-9-6(3)11-10-5/h1-2H,(H,9,11). The molecule has 1 N–H and O–H groups in total. The second-order valence-corrected chi connectivity index (χ2v) is 5.44. The molecule has 0 saturated heterocycles. The van der Waals surface area contributed by atoms with Crippen molar-refractivity contribution in [1.29, 1.82) is 0 Å². The SMILES string of the molecule is O=S(=O)(Cl)c1c[nH]c2nnc(Cl)cc12. The molecule has 0 aliphatic rings. The normalized spacial score (nSPS) is 12.1. The highest BCUT2D eigenvalue weighted by atomic mass is 35.7. The minimum Gasteiger partial charge on any atom is -0.343 e. The van der Waals surface area contributed by atoms with Crippen LogP contribution in [0.4, 0.5) is 0 Å². The monoisotopic (exact) mass is 251 g/mol. The molecule has 0 fully saturated rings. The van der Waals surface area contributed by atoms with E-state index in [1.54, 1.807) is 0 Å². The van der Waals surface area contributed by atoms with Gasteiger partial charge in [-0.25, -0.2) is 8.42 Å². The first-order chi connectivity index (χ1) is 6.48. The lowest BCUT2D eigenvalue weighted by atomic mass is 10.4. The molecule has 0 atom stereocenters. The molecular weight excluding hydrogens is 249 g/mol. The van der Waals surface area contributed by atoms with Gasteiger partial charge < -0.3 is 4.98 Å². The van der Waals surface area contributed by atoms with Gasteiger partial charge in [0.15, 0.2) is 10.8 Å².